The highest BCUT2D eigenvalue weighted by molar-refractivity contribution is 6.31. The number of hydrogen-bond acceptors (Lipinski definition) is 4. The number of nitro benzene ring substituents is 1. The molecule has 0 fully saturated rings. The minimum absolute atomic E-state index is 0.0372. The molecule has 2 N–H and O–H groups in total. The molecule has 0 aliphatic rings. The van der Waals surface area contributed by atoms with Gasteiger partial charge < -0.3 is 10.6 Å². The first-order valence-corrected chi connectivity index (χ1v) is 7.33. The normalized spacial score (nSPS) is 10.1. The zero-order valence-corrected chi connectivity index (χ0v) is 13.5. The van der Waals surface area contributed by atoms with E-state index >= 15 is 0 Å². The van der Waals surface area contributed by atoms with Crippen LogP contribution in [0.5, 0.6) is 0 Å². The SMILES string of the molecule is CC(=O)Nc1cc(Cl)ccc1NC(=O)Cc1ccc([N+](=O)[O-])cc1. The molecule has 2 aromatic carbocycles. The van der Waals surface area contributed by atoms with E-state index in [4.69, 9.17) is 11.6 Å². The fourth-order valence-corrected chi connectivity index (χ4v) is 2.21. The van der Waals surface area contributed by atoms with Gasteiger partial charge in [-0.05, 0) is 23.8 Å². The molecule has 0 unspecified atom stereocenters. The van der Waals surface area contributed by atoms with Gasteiger partial charge in [-0.3, -0.25) is 19.7 Å². The Balaban J connectivity index is 2.09. The van der Waals surface area contributed by atoms with Crippen molar-refractivity contribution in [3.05, 3.63) is 63.2 Å². The molecule has 0 heterocycles. The van der Waals surface area contributed by atoms with Crippen molar-refractivity contribution >= 4 is 40.5 Å². The van der Waals surface area contributed by atoms with Crippen LogP contribution in [0, 0.1) is 10.1 Å². The lowest BCUT2D eigenvalue weighted by Gasteiger charge is -2.12. The number of benzene rings is 2. The van der Waals surface area contributed by atoms with Crippen LogP contribution in [0.1, 0.15) is 12.5 Å². The average Bonchev–Trinajstić information content (AvgIpc) is 2.50. The van der Waals surface area contributed by atoms with Gasteiger partial charge in [-0.15, -0.1) is 0 Å². The smallest absolute Gasteiger partial charge is 0.269 e. The van der Waals surface area contributed by atoms with Crippen LogP contribution in [0.3, 0.4) is 0 Å². The molecule has 0 aliphatic carbocycles. The van der Waals surface area contributed by atoms with E-state index in [1.807, 2.05) is 0 Å². The van der Waals surface area contributed by atoms with Crippen molar-refractivity contribution in [1.29, 1.82) is 0 Å². The van der Waals surface area contributed by atoms with E-state index in [0.29, 0.717) is 22.0 Å². The van der Waals surface area contributed by atoms with Gasteiger partial charge in [-0.2, -0.15) is 0 Å². The maximum atomic E-state index is 12.1. The molecule has 0 atom stereocenters. The van der Waals surface area contributed by atoms with Gasteiger partial charge in [0.2, 0.25) is 11.8 Å². The van der Waals surface area contributed by atoms with Crippen molar-refractivity contribution in [3.8, 4) is 0 Å². The second-order valence-electron chi connectivity index (χ2n) is 5.02. The molecule has 0 saturated carbocycles. The summed E-state index contributed by atoms with van der Waals surface area (Å²) in [5.74, 6) is -0.610. The molecule has 0 spiro atoms. The standard InChI is InChI=1S/C16H14ClN3O4/c1-10(21)18-15-9-12(17)4-7-14(15)19-16(22)8-11-2-5-13(6-3-11)20(23)24/h2-7,9H,8H2,1H3,(H,18,21)(H,19,22). The highest BCUT2D eigenvalue weighted by atomic mass is 35.5. The highest BCUT2D eigenvalue weighted by Gasteiger charge is 2.11. The molecule has 0 radical (unpaired) electrons. The average molecular weight is 348 g/mol. The fourth-order valence-electron chi connectivity index (χ4n) is 2.03. The Hall–Kier alpha value is -2.93. The number of nitro groups is 1. The summed E-state index contributed by atoms with van der Waals surface area (Å²) in [6.07, 6.45) is 0.0418. The number of anilines is 2. The van der Waals surface area contributed by atoms with Crippen molar-refractivity contribution in [2.45, 2.75) is 13.3 Å². The molecule has 2 aromatic rings. The first kappa shape index (κ1) is 17.4. The van der Waals surface area contributed by atoms with Crippen LogP contribution < -0.4 is 10.6 Å². The lowest BCUT2D eigenvalue weighted by Crippen LogP contribution is -2.16. The summed E-state index contributed by atoms with van der Waals surface area (Å²) < 4.78 is 0. The van der Waals surface area contributed by atoms with E-state index in [0.717, 1.165) is 0 Å². The van der Waals surface area contributed by atoms with Crippen LogP contribution >= 0.6 is 11.6 Å². The lowest BCUT2D eigenvalue weighted by molar-refractivity contribution is -0.384. The lowest BCUT2D eigenvalue weighted by atomic mass is 10.1. The molecule has 8 heteroatoms. The Morgan fingerprint density at radius 2 is 1.75 bits per heavy atom. The van der Waals surface area contributed by atoms with E-state index in [1.54, 1.807) is 12.1 Å². The Kier molecular flexibility index (Phi) is 5.49. The first-order valence-electron chi connectivity index (χ1n) is 6.95. The van der Waals surface area contributed by atoms with Gasteiger partial charge in [0.1, 0.15) is 0 Å². The van der Waals surface area contributed by atoms with Crippen LogP contribution in [0.15, 0.2) is 42.5 Å². The van der Waals surface area contributed by atoms with E-state index < -0.39 is 4.92 Å². The van der Waals surface area contributed by atoms with E-state index in [2.05, 4.69) is 10.6 Å². The maximum absolute atomic E-state index is 12.1. The predicted molar refractivity (Wildman–Crippen MR) is 91.2 cm³/mol. The van der Waals surface area contributed by atoms with Gasteiger partial charge in [0.25, 0.3) is 5.69 Å². The number of carbonyl (C=O) groups is 2. The van der Waals surface area contributed by atoms with Crippen LogP contribution in [-0.2, 0) is 16.0 Å². The van der Waals surface area contributed by atoms with E-state index in [-0.39, 0.29) is 23.9 Å². The van der Waals surface area contributed by atoms with Gasteiger partial charge in [-0.25, -0.2) is 0 Å². The molecular formula is C16H14ClN3O4. The molecule has 0 bridgehead atoms. The summed E-state index contributed by atoms with van der Waals surface area (Å²) in [5, 5.41) is 16.3. The molecule has 2 amide bonds. The summed E-state index contributed by atoms with van der Waals surface area (Å²) in [5.41, 5.74) is 1.41. The zero-order chi connectivity index (χ0) is 17.7. The van der Waals surface area contributed by atoms with E-state index in [1.165, 1.54) is 37.3 Å². The van der Waals surface area contributed by atoms with Crippen molar-refractivity contribution in [2.75, 3.05) is 10.6 Å². The van der Waals surface area contributed by atoms with Gasteiger partial charge in [0, 0.05) is 24.1 Å². The molecule has 0 saturated heterocycles. The topological polar surface area (TPSA) is 101 Å². The summed E-state index contributed by atoms with van der Waals surface area (Å²) >= 11 is 5.89. The third-order valence-corrected chi connectivity index (χ3v) is 3.31. The molecular weight excluding hydrogens is 334 g/mol. The number of amides is 2. The number of rotatable bonds is 5. The molecule has 0 aliphatic heterocycles. The number of nitrogens with zero attached hydrogens (tertiary/aromatic N) is 1. The summed E-state index contributed by atoms with van der Waals surface area (Å²) in [6, 6.07) is 10.4. The number of nitrogens with one attached hydrogen (secondary N) is 2. The minimum atomic E-state index is -0.503. The summed E-state index contributed by atoms with van der Waals surface area (Å²) in [6.45, 7) is 1.35. The number of non-ortho nitro benzene ring substituents is 1. The second-order valence-corrected chi connectivity index (χ2v) is 5.46. The number of halogens is 1. The van der Waals surface area contributed by atoms with E-state index in [9.17, 15) is 19.7 Å². The Bertz CT molecular complexity index is 790. The van der Waals surface area contributed by atoms with Crippen LogP contribution in [0.2, 0.25) is 5.02 Å². The molecule has 7 nitrogen and oxygen atoms in total. The van der Waals surface area contributed by atoms with Crippen LogP contribution in [-0.4, -0.2) is 16.7 Å². The number of carbonyl (C=O) groups excluding carboxylic acids is 2. The second kappa shape index (κ2) is 7.56. The van der Waals surface area contributed by atoms with Gasteiger partial charge in [0.05, 0.1) is 22.7 Å². The van der Waals surface area contributed by atoms with Crippen molar-refractivity contribution in [3.63, 3.8) is 0 Å². The monoisotopic (exact) mass is 347 g/mol. The Morgan fingerprint density at radius 1 is 1.08 bits per heavy atom. The minimum Gasteiger partial charge on any atom is -0.324 e. The molecule has 124 valence electrons. The van der Waals surface area contributed by atoms with Crippen molar-refractivity contribution < 1.29 is 14.5 Å². The summed E-state index contributed by atoms with van der Waals surface area (Å²) in [4.78, 5) is 33.5. The molecule has 2 rings (SSSR count). The van der Waals surface area contributed by atoms with Crippen molar-refractivity contribution in [1.82, 2.24) is 0 Å². The quantitative estimate of drug-likeness (QED) is 0.639. The largest absolute Gasteiger partial charge is 0.324 e. The highest BCUT2D eigenvalue weighted by Crippen LogP contribution is 2.26. The van der Waals surface area contributed by atoms with Crippen molar-refractivity contribution in [2.24, 2.45) is 0 Å². The third kappa shape index (κ3) is 4.79. The first-order chi connectivity index (χ1) is 11.3. The van der Waals surface area contributed by atoms with Gasteiger partial charge >= 0.3 is 0 Å². The molecule has 0 aromatic heterocycles. The predicted octanol–water partition coefficient (Wildman–Crippen LogP) is 3.39. The van der Waals surface area contributed by atoms with Crippen LogP contribution in [0.25, 0.3) is 0 Å². The Morgan fingerprint density at radius 3 is 2.33 bits per heavy atom. The zero-order valence-electron chi connectivity index (χ0n) is 12.7. The van der Waals surface area contributed by atoms with Gasteiger partial charge in [-0.1, -0.05) is 23.7 Å². The number of hydrogen-bond donors (Lipinski definition) is 2. The molecule has 24 heavy (non-hydrogen) atoms. The Labute approximate surface area is 142 Å². The third-order valence-electron chi connectivity index (χ3n) is 3.08. The van der Waals surface area contributed by atoms with Crippen LogP contribution in [0.4, 0.5) is 17.1 Å². The van der Waals surface area contributed by atoms with Gasteiger partial charge in [0.15, 0.2) is 0 Å². The summed E-state index contributed by atoms with van der Waals surface area (Å²) in [7, 11) is 0. The maximum Gasteiger partial charge on any atom is 0.269 e. The fraction of sp³-hybridized carbons (Fsp3) is 0.125.